The molecule has 0 amide bonds. The molecule has 0 radical (unpaired) electrons. The molecular weight excluding hydrogens is 678 g/mol. The van der Waals surface area contributed by atoms with E-state index in [1.54, 1.807) is 0 Å². The first-order valence-corrected chi connectivity index (χ1v) is 37.6. The van der Waals surface area contributed by atoms with Crippen molar-refractivity contribution >= 4 is 53.9 Å². The molecule has 0 saturated heterocycles. The van der Waals surface area contributed by atoms with Crippen LogP contribution in [-0.4, -0.2) is 36.8 Å². The molecule has 1 rings (SSSR count). The molecule has 1 aromatic heterocycles. The van der Waals surface area contributed by atoms with Gasteiger partial charge in [0.2, 0.25) is 0 Å². The Morgan fingerprint density at radius 3 is 0.865 bits per heavy atom. The molecule has 218 valence electrons. The maximum absolute atomic E-state index is 2.68. The molecular formula is C34H68SSn2. The fourth-order valence-corrected chi connectivity index (χ4v) is 23.6. The summed E-state index contributed by atoms with van der Waals surface area (Å²) in [5.74, 6) is 0. The van der Waals surface area contributed by atoms with Crippen LogP contribution in [0.15, 0.2) is 0 Å². The number of hydrogen-bond acceptors (Lipinski definition) is 1. The van der Waals surface area contributed by atoms with Gasteiger partial charge in [-0.15, -0.1) is 0 Å². The van der Waals surface area contributed by atoms with Crippen molar-refractivity contribution in [3.05, 3.63) is 11.1 Å². The molecule has 0 aromatic carbocycles. The maximum atomic E-state index is 2.68. The van der Waals surface area contributed by atoms with Crippen LogP contribution in [0.2, 0.25) is 29.6 Å². The normalized spacial score (nSPS) is 12.5. The summed E-state index contributed by atoms with van der Waals surface area (Å²) in [4.78, 5) is 16.1. The first kappa shape index (κ1) is 36.3. The van der Waals surface area contributed by atoms with Crippen molar-refractivity contribution in [3.8, 4) is 0 Å². The molecule has 0 N–H and O–H groups in total. The number of thiophene rings is 1. The van der Waals surface area contributed by atoms with Gasteiger partial charge in [0.05, 0.1) is 0 Å². The third-order valence-electron chi connectivity index (χ3n) is 8.04. The summed E-state index contributed by atoms with van der Waals surface area (Å²) in [6.07, 6.45) is 31.8. The predicted molar refractivity (Wildman–Crippen MR) is 181 cm³/mol. The van der Waals surface area contributed by atoms with Crippen molar-refractivity contribution in [2.45, 2.75) is 185 Å². The van der Waals surface area contributed by atoms with Crippen LogP contribution in [0.3, 0.4) is 0 Å². The minimum absolute atomic E-state index is 1.37. The minimum atomic E-state index is -2.10. The van der Waals surface area contributed by atoms with E-state index in [9.17, 15) is 0 Å². The Balaban J connectivity index is 2.62. The summed E-state index contributed by atoms with van der Waals surface area (Å²) >= 11 is -1.86. The Labute approximate surface area is 247 Å². The Morgan fingerprint density at radius 1 is 0.378 bits per heavy atom. The Hall–Kier alpha value is 1.30. The second-order valence-corrected chi connectivity index (χ2v) is 45.7. The van der Waals surface area contributed by atoms with Crippen LogP contribution in [-0.2, 0) is 12.8 Å². The summed E-state index contributed by atoms with van der Waals surface area (Å²) in [5, 5.41) is 0. The predicted octanol–water partition coefficient (Wildman–Crippen LogP) is 11.8. The third kappa shape index (κ3) is 16.4. The van der Waals surface area contributed by atoms with Crippen LogP contribution in [0.5, 0.6) is 0 Å². The van der Waals surface area contributed by atoms with Gasteiger partial charge in [-0.1, -0.05) is 26.7 Å². The van der Waals surface area contributed by atoms with Gasteiger partial charge in [0.1, 0.15) is 0 Å². The molecule has 0 bridgehead atoms. The first-order valence-electron chi connectivity index (χ1n) is 16.8. The standard InChI is InChI=1S/C28H50S.6CH3.2Sn/c1-3-5-7-9-11-13-15-17-19-21-23-27-25-29-26-28(27)24-22-20-18-16-14-12-10-8-6-4-2;;;;;;;;/h3-24H2,1-2H3;6*1H3;;. The van der Waals surface area contributed by atoms with Crippen molar-refractivity contribution in [2.75, 3.05) is 0 Å². The van der Waals surface area contributed by atoms with Gasteiger partial charge in [-0.05, 0) is 0 Å². The van der Waals surface area contributed by atoms with Crippen LogP contribution in [0.4, 0.5) is 0 Å². The van der Waals surface area contributed by atoms with Crippen LogP contribution in [0, 0.1) is 0 Å². The molecule has 0 aliphatic heterocycles. The van der Waals surface area contributed by atoms with E-state index in [1.807, 2.05) is 16.9 Å². The van der Waals surface area contributed by atoms with Crippen LogP contribution in [0.25, 0.3) is 0 Å². The molecule has 1 aromatic rings. The monoisotopic (exact) mass is 748 g/mol. The molecule has 3 heteroatoms. The summed E-state index contributed by atoms with van der Waals surface area (Å²) < 4.78 is 3.91. The average Bonchev–Trinajstić information content (AvgIpc) is 3.21. The minimum Gasteiger partial charge on any atom is -0.0654 e. The Bertz CT molecular complexity index is 621. The van der Waals surface area contributed by atoms with E-state index < -0.39 is 36.8 Å². The number of hydrogen-bond donors (Lipinski definition) is 0. The van der Waals surface area contributed by atoms with Crippen molar-refractivity contribution in [3.63, 3.8) is 0 Å². The van der Waals surface area contributed by atoms with Crippen molar-refractivity contribution < 1.29 is 0 Å². The van der Waals surface area contributed by atoms with Gasteiger partial charge in [-0.3, -0.25) is 0 Å². The quantitative estimate of drug-likeness (QED) is 0.0730. The molecule has 1 heterocycles. The van der Waals surface area contributed by atoms with Crippen LogP contribution in [0.1, 0.15) is 153 Å². The van der Waals surface area contributed by atoms with E-state index in [0.717, 1.165) is 0 Å². The average molecular weight is 746 g/mol. The molecule has 0 fully saturated rings. The Kier molecular flexibility index (Phi) is 20.7. The molecule has 0 unspecified atom stereocenters. The Morgan fingerprint density at radius 2 is 0.622 bits per heavy atom. The molecule has 0 aliphatic rings. The molecule has 0 saturated carbocycles. The van der Waals surface area contributed by atoms with E-state index in [2.05, 4.69) is 54.8 Å². The van der Waals surface area contributed by atoms with Gasteiger partial charge in [0.25, 0.3) is 0 Å². The number of unbranched alkanes of at least 4 members (excludes halogenated alkanes) is 18. The third-order valence-corrected chi connectivity index (χ3v) is 28.4. The molecule has 0 atom stereocenters. The van der Waals surface area contributed by atoms with Crippen LogP contribution < -0.4 is 5.79 Å². The van der Waals surface area contributed by atoms with Gasteiger partial charge < -0.3 is 0 Å². The molecule has 0 spiro atoms. The molecule has 37 heavy (non-hydrogen) atoms. The van der Waals surface area contributed by atoms with E-state index in [1.165, 1.54) is 141 Å². The van der Waals surface area contributed by atoms with Crippen molar-refractivity contribution in [1.82, 2.24) is 0 Å². The number of rotatable bonds is 24. The van der Waals surface area contributed by atoms with Gasteiger partial charge in [-0.25, -0.2) is 0 Å². The molecule has 0 aliphatic carbocycles. The van der Waals surface area contributed by atoms with Crippen molar-refractivity contribution in [2.24, 2.45) is 0 Å². The van der Waals surface area contributed by atoms with Crippen LogP contribution >= 0.6 is 11.3 Å². The summed E-state index contributed by atoms with van der Waals surface area (Å²) in [5.41, 5.74) is 3.82. The summed E-state index contributed by atoms with van der Waals surface area (Å²) in [6, 6.07) is 0. The zero-order valence-electron chi connectivity index (χ0n) is 27.0. The fraction of sp³-hybridized carbons (Fsp3) is 0.882. The second-order valence-electron chi connectivity index (χ2n) is 14.1. The first-order chi connectivity index (χ1) is 17.6. The SMILES string of the molecule is CCCCCCCCCCCCc1[c]([Sn]([CH3])([CH3])[CH3])s[c]([Sn]([CH3])([CH3])[CH3])c1CCCCCCCCCCCC. The summed E-state index contributed by atoms with van der Waals surface area (Å²) in [7, 11) is 0. The fourth-order valence-electron chi connectivity index (χ4n) is 5.82. The van der Waals surface area contributed by atoms with E-state index in [-0.39, 0.29) is 0 Å². The van der Waals surface area contributed by atoms with Crippen molar-refractivity contribution in [1.29, 1.82) is 0 Å². The molecule has 0 nitrogen and oxygen atoms in total. The zero-order chi connectivity index (χ0) is 27.6. The van der Waals surface area contributed by atoms with Gasteiger partial charge >= 0.3 is 223 Å². The topological polar surface area (TPSA) is 0 Å². The smallest absolute Gasteiger partial charge is 0.0654 e. The van der Waals surface area contributed by atoms with E-state index in [0.29, 0.717) is 0 Å². The second kappa shape index (κ2) is 21.1. The van der Waals surface area contributed by atoms with E-state index >= 15 is 0 Å². The van der Waals surface area contributed by atoms with Gasteiger partial charge in [0.15, 0.2) is 0 Å². The zero-order valence-corrected chi connectivity index (χ0v) is 33.5. The van der Waals surface area contributed by atoms with Gasteiger partial charge in [0, 0.05) is 0 Å². The van der Waals surface area contributed by atoms with E-state index in [4.69, 9.17) is 0 Å². The van der Waals surface area contributed by atoms with Gasteiger partial charge in [-0.2, -0.15) is 0 Å². The summed E-state index contributed by atoms with van der Waals surface area (Å²) in [6.45, 7) is 4.64.